The normalized spacial score (nSPS) is 16.3. The first-order valence-corrected chi connectivity index (χ1v) is 8.17. The van der Waals surface area contributed by atoms with E-state index in [9.17, 15) is 18.0 Å². The van der Waals surface area contributed by atoms with E-state index in [-0.39, 0.29) is 10.7 Å². The SMILES string of the molecule is C[NH+]1CCN(C(=O)c2cnn(-c3cccc(Cl)c3)c2C(F)(F)F)CC1. The minimum absolute atomic E-state index is 0.154. The van der Waals surface area contributed by atoms with E-state index >= 15 is 0 Å². The number of amides is 1. The van der Waals surface area contributed by atoms with Crippen molar-refractivity contribution in [2.45, 2.75) is 6.18 Å². The van der Waals surface area contributed by atoms with Crippen molar-refractivity contribution in [2.24, 2.45) is 0 Å². The molecule has 9 heteroatoms. The van der Waals surface area contributed by atoms with Crippen LogP contribution in [0.1, 0.15) is 16.1 Å². The number of quaternary nitrogens is 1. The summed E-state index contributed by atoms with van der Waals surface area (Å²) in [4.78, 5) is 15.3. The monoisotopic (exact) mass is 373 g/mol. The quantitative estimate of drug-likeness (QED) is 0.867. The number of benzene rings is 1. The van der Waals surface area contributed by atoms with Crippen LogP contribution < -0.4 is 4.90 Å². The van der Waals surface area contributed by atoms with Gasteiger partial charge in [-0.25, -0.2) is 4.68 Å². The van der Waals surface area contributed by atoms with Crippen LogP contribution in [0.5, 0.6) is 0 Å². The highest BCUT2D eigenvalue weighted by Gasteiger charge is 2.41. The number of carbonyl (C=O) groups is 1. The highest BCUT2D eigenvalue weighted by atomic mass is 35.5. The smallest absolute Gasteiger partial charge is 0.334 e. The Morgan fingerprint density at radius 2 is 1.96 bits per heavy atom. The van der Waals surface area contributed by atoms with E-state index in [0.717, 1.165) is 10.9 Å². The van der Waals surface area contributed by atoms with Crippen molar-refractivity contribution in [1.29, 1.82) is 0 Å². The summed E-state index contributed by atoms with van der Waals surface area (Å²) in [5.74, 6) is -0.645. The van der Waals surface area contributed by atoms with Crippen LogP contribution in [-0.4, -0.2) is 53.8 Å². The average molecular weight is 374 g/mol. The van der Waals surface area contributed by atoms with E-state index < -0.39 is 23.3 Å². The van der Waals surface area contributed by atoms with E-state index in [1.807, 2.05) is 7.05 Å². The number of hydrogen-bond donors (Lipinski definition) is 1. The molecule has 0 radical (unpaired) electrons. The van der Waals surface area contributed by atoms with Gasteiger partial charge >= 0.3 is 6.18 Å². The van der Waals surface area contributed by atoms with E-state index in [1.165, 1.54) is 28.0 Å². The molecule has 0 saturated carbocycles. The summed E-state index contributed by atoms with van der Waals surface area (Å²) in [7, 11) is 1.99. The number of likely N-dealkylation sites (N-methyl/N-ethyl adjacent to an activating group) is 1. The third-order valence-electron chi connectivity index (χ3n) is 4.23. The third kappa shape index (κ3) is 3.64. The summed E-state index contributed by atoms with van der Waals surface area (Å²) < 4.78 is 41.7. The van der Waals surface area contributed by atoms with Crippen molar-refractivity contribution in [1.82, 2.24) is 14.7 Å². The Balaban J connectivity index is 2.02. The molecule has 2 aromatic rings. The summed E-state index contributed by atoms with van der Waals surface area (Å²) >= 11 is 5.87. The Morgan fingerprint density at radius 3 is 2.56 bits per heavy atom. The molecule has 1 N–H and O–H groups in total. The third-order valence-corrected chi connectivity index (χ3v) is 4.46. The fourth-order valence-corrected chi connectivity index (χ4v) is 3.03. The van der Waals surface area contributed by atoms with Crippen molar-refractivity contribution in [2.75, 3.05) is 33.2 Å². The van der Waals surface area contributed by atoms with Gasteiger partial charge < -0.3 is 9.80 Å². The molecule has 1 aliphatic rings. The van der Waals surface area contributed by atoms with Gasteiger partial charge in [0.15, 0.2) is 5.69 Å². The molecule has 1 saturated heterocycles. The van der Waals surface area contributed by atoms with Crippen LogP contribution in [0.15, 0.2) is 30.5 Å². The van der Waals surface area contributed by atoms with Crippen molar-refractivity contribution < 1.29 is 22.9 Å². The van der Waals surface area contributed by atoms with E-state index in [4.69, 9.17) is 11.6 Å². The molecule has 25 heavy (non-hydrogen) atoms. The second kappa shape index (κ2) is 6.68. The molecule has 134 valence electrons. The van der Waals surface area contributed by atoms with Gasteiger partial charge in [0.05, 0.1) is 50.7 Å². The summed E-state index contributed by atoms with van der Waals surface area (Å²) in [5.41, 5.74) is -1.36. The average Bonchev–Trinajstić information content (AvgIpc) is 3.00. The van der Waals surface area contributed by atoms with Crippen molar-refractivity contribution in [3.8, 4) is 5.69 Å². The molecule has 1 aliphatic heterocycles. The first-order valence-electron chi connectivity index (χ1n) is 7.79. The molecular formula is C16H17ClF3N4O+. The van der Waals surface area contributed by atoms with Crippen LogP contribution in [-0.2, 0) is 6.18 Å². The van der Waals surface area contributed by atoms with E-state index in [0.29, 0.717) is 26.2 Å². The molecule has 1 fully saturated rings. The van der Waals surface area contributed by atoms with Gasteiger partial charge in [0.25, 0.3) is 5.91 Å². The number of piperazine rings is 1. The fraction of sp³-hybridized carbons (Fsp3) is 0.375. The largest absolute Gasteiger partial charge is 0.434 e. The summed E-state index contributed by atoms with van der Waals surface area (Å²) in [6.07, 6.45) is -3.74. The first-order chi connectivity index (χ1) is 11.8. The van der Waals surface area contributed by atoms with Crippen molar-refractivity contribution in [3.63, 3.8) is 0 Å². The lowest BCUT2D eigenvalue weighted by Crippen LogP contribution is -3.12. The number of halogens is 4. The molecule has 3 rings (SSSR count). The predicted molar refractivity (Wildman–Crippen MR) is 86.1 cm³/mol. The van der Waals surface area contributed by atoms with Crippen LogP contribution in [0.3, 0.4) is 0 Å². The maximum absolute atomic E-state index is 13.6. The zero-order chi connectivity index (χ0) is 18.2. The summed E-state index contributed by atoms with van der Waals surface area (Å²) in [6.45, 7) is 2.25. The van der Waals surface area contributed by atoms with Crippen LogP contribution in [0.25, 0.3) is 5.69 Å². The number of aromatic nitrogens is 2. The molecule has 2 heterocycles. The van der Waals surface area contributed by atoms with Gasteiger partial charge in [-0.05, 0) is 18.2 Å². The Hall–Kier alpha value is -2.06. The molecule has 1 aromatic heterocycles. The molecule has 1 aromatic carbocycles. The molecule has 0 bridgehead atoms. The topological polar surface area (TPSA) is 42.6 Å². The summed E-state index contributed by atoms with van der Waals surface area (Å²) in [6, 6.07) is 5.92. The summed E-state index contributed by atoms with van der Waals surface area (Å²) in [5, 5.41) is 4.10. The lowest BCUT2D eigenvalue weighted by Gasteiger charge is -2.30. The number of nitrogens with zero attached hydrogens (tertiary/aromatic N) is 3. The molecular weight excluding hydrogens is 357 g/mol. The van der Waals surface area contributed by atoms with Crippen LogP contribution in [0.4, 0.5) is 13.2 Å². The number of rotatable bonds is 2. The van der Waals surface area contributed by atoms with Gasteiger partial charge in [-0.3, -0.25) is 4.79 Å². The van der Waals surface area contributed by atoms with Gasteiger partial charge in [-0.15, -0.1) is 0 Å². The zero-order valence-corrected chi connectivity index (χ0v) is 14.2. The Kier molecular flexibility index (Phi) is 4.75. The standard InChI is InChI=1S/C16H16ClF3N4O/c1-22-5-7-23(8-6-22)15(25)13-10-21-24(14(13)16(18,19)20)12-4-2-3-11(17)9-12/h2-4,9-10H,5-8H2,1H3/p+1. The van der Waals surface area contributed by atoms with E-state index in [1.54, 1.807) is 6.07 Å². The number of nitrogens with one attached hydrogen (secondary N) is 1. The van der Waals surface area contributed by atoms with Gasteiger partial charge in [0.1, 0.15) is 0 Å². The molecule has 5 nitrogen and oxygen atoms in total. The Morgan fingerprint density at radius 1 is 1.28 bits per heavy atom. The van der Waals surface area contributed by atoms with Crippen molar-refractivity contribution >= 4 is 17.5 Å². The van der Waals surface area contributed by atoms with Gasteiger partial charge in [-0.2, -0.15) is 18.3 Å². The lowest BCUT2D eigenvalue weighted by atomic mass is 10.2. The van der Waals surface area contributed by atoms with Crippen LogP contribution in [0.2, 0.25) is 5.02 Å². The highest BCUT2D eigenvalue weighted by Crippen LogP contribution is 2.34. The Labute approximate surface area is 147 Å². The number of hydrogen-bond acceptors (Lipinski definition) is 2. The number of alkyl halides is 3. The van der Waals surface area contributed by atoms with Crippen LogP contribution in [0, 0.1) is 0 Å². The van der Waals surface area contributed by atoms with Crippen LogP contribution >= 0.6 is 11.6 Å². The molecule has 0 unspecified atom stereocenters. The minimum Gasteiger partial charge on any atom is -0.334 e. The lowest BCUT2D eigenvalue weighted by molar-refractivity contribution is -0.883. The molecule has 0 aliphatic carbocycles. The van der Waals surface area contributed by atoms with Gasteiger partial charge in [-0.1, -0.05) is 17.7 Å². The fourth-order valence-electron chi connectivity index (χ4n) is 2.84. The molecule has 0 spiro atoms. The first kappa shape index (κ1) is 17.8. The predicted octanol–water partition coefficient (Wildman–Crippen LogP) is 1.52. The minimum atomic E-state index is -4.72. The van der Waals surface area contributed by atoms with E-state index in [2.05, 4.69) is 5.10 Å². The maximum Gasteiger partial charge on any atom is 0.434 e. The molecule has 0 atom stereocenters. The van der Waals surface area contributed by atoms with Gasteiger partial charge in [0, 0.05) is 5.02 Å². The second-order valence-electron chi connectivity index (χ2n) is 6.05. The van der Waals surface area contributed by atoms with Crippen molar-refractivity contribution in [3.05, 3.63) is 46.7 Å². The maximum atomic E-state index is 13.6. The van der Waals surface area contributed by atoms with Gasteiger partial charge in [0.2, 0.25) is 0 Å². The molecule has 1 amide bonds. The Bertz CT molecular complexity index is 782. The highest BCUT2D eigenvalue weighted by molar-refractivity contribution is 6.30. The number of carbonyl (C=O) groups excluding carboxylic acids is 1. The second-order valence-corrected chi connectivity index (χ2v) is 6.48. The zero-order valence-electron chi connectivity index (χ0n) is 13.5.